The number of nitrogens with one attached hydrogen (secondary N) is 1. The molecule has 0 aromatic carbocycles. The molecule has 0 rings (SSSR count). The van der Waals surface area contributed by atoms with Crippen LogP contribution in [-0.4, -0.2) is 47.4 Å². The molecule has 0 aliphatic rings. The first kappa shape index (κ1) is 90.3. The van der Waals surface area contributed by atoms with Crippen molar-refractivity contribution in [3.63, 3.8) is 0 Å². The molecule has 546 valence electrons. The van der Waals surface area contributed by atoms with Crippen LogP contribution in [0.3, 0.4) is 0 Å². The van der Waals surface area contributed by atoms with E-state index in [0.29, 0.717) is 19.4 Å². The van der Waals surface area contributed by atoms with E-state index in [4.69, 9.17) is 4.74 Å². The summed E-state index contributed by atoms with van der Waals surface area (Å²) in [4.78, 5) is 24.7. The van der Waals surface area contributed by atoms with Crippen molar-refractivity contribution in [1.29, 1.82) is 0 Å². The molecule has 6 nitrogen and oxygen atoms in total. The lowest BCUT2D eigenvalue weighted by Crippen LogP contribution is -2.45. The number of allylic oxidation sites excluding steroid dienone is 3. The second-order valence-corrected chi connectivity index (χ2v) is 29.5. The zero-order valence-corrected chi connectivity index (χ0v) is 62.8. The fourth-order valence-corrected chi connectivity index (χ4v) is 13.8. The van der Waals surface area contributed by atoms with E-state index in [0.717, 1.165) is 38.5 Å². The quantitative estimate of drug-likeness (QED) is 0.0320. The van der Waals surface area contributed by atoms with Gasteiger partial charge in [-0.05, 0) is 57.8 Å². The maximum atomic E-state index is 12.6. The normalized spacial score (nSPS) is 12.5. The Hall–Kier alpha value is -1.66. The Morgan fingerprint density at radius 2 is 0.511 bits per heavy atom. The predicted octanol–water partition coefficient (Wildman–Crippen LogP) is 28.4. The van der Waals surface area contributed by atoms with E-state index in [1.165, 1.54) is 424 Å². The SMILES string of the molecule is CCCCCCCC/C=C\CCCCCCCCCCCC(=O)OCCCCCCCCCCCCCCCCCCCCCCCCCCCCCCCCCCCC(=O)NC(CO)C(O)/C=C/CCCCCCCCCCCCCCCCCCCCCCC. The number of unbranched alkanes of at least 4 members (excludes halogenated alkanes) is 68. The molecule has 0 saturated carbocycles. The lowest BCUT2D eigenvalue weighted by molar-refractivity contribution is -0.143. The number of hydrogen-bond acceptors (Lipinski definition) is 5. The standard InChI is InChI=1S/C86H167NO5/c1-3-5-7-9-11-13-15-17-19-21-23-24-36-39-43-46-50-54-58-62-66-70-74-78-84(89)83(82-88)87-85(90)79-75-71-67-63-59-55-51-47-44-40-37-34-32-30-28-26-25-27-29-31-33-35-38-41-45-49-53-57-61-65-69-73-77-81-92-86(91)80-76-72-68-64-60-56-52-48-42-22-20-18-16-14-12-10-8-6-4-2/h18,20,74,78,83-84,88-89H,3-17,19,21-73,75-77,79-82H2,1-2H3,(H,87,90)/b20-18-,78-74+. The average Bonchev–Trinajstić information content (AvgIpc) is 3.60. The molecule has 0 heterocycles. The number of esters is 1. The van der Waals surface area contributed by atoms with Crippen LogP contribution in [-0.2, 0) is 14.3 Å². The Morgan fingerprint density at radius 3 is 0.772 bits per heavy atom. The van der Waals surface area contributed by atoms with Crippen molar-refractivity contribution in [3.05, 3.63) is 24.3 Å². The van der Waals surface area contributed by atoms with E-state index >= 15 is 0 Å². The molecule has 6 heteroatoms. The number of ether oxygens (including phenoxy) is 1. The molecule has 0 aliphatic heterocycles. The summed E-state index contributed by atoms with van der Waals surface area (Å²) in [7, 11) is 0. The van der Waals surface area contributed by atoms with Gasteiger partial charge in [-0.15, -0.1) is 0 Å². The third-order valence-electron chi connectivity index (χ3n) is 20.2. The van der Waals surface area contributed by atoms with E-state index in [1.807, 2.05) is 6.08 Å². The summed E-state index contributed by atoms with van der Waals surface area (Å²) in [5, 5.41) is 23.3. The molecule has 0 aromatic rings. The minimum absolute atomic E-state index is 0.0223. The number of carbonyl (C=O) groups is 2. The molecule has 0 radical (unpaired) electrons. The van der Waals surface area contributed by atoms with Gasteiger partial charge >= 0.3 is 5.97 Å². The highest BCUT2D eigenvalue weighted by Gasteiger charge is 2.18. The topological polar surface area (TPSA) is 95.9 Å². The van der Waals surface area contributed by atoms with E-state index in [1.54, 1.807) is 6.08 Å². The Morgan fingerprint density at radius 1 is 0.293 bits per heavy atom. The molecule has 0 saturated heterocycles. The van der Waals surface area contributed by atoms with Crippen LogP contribution in [0.2, 0.25) is 0 Å². The first-order chi connectivity index (χ1) is 45.5. The van der Waals surface area contributed by atoms with E-state index in [-0.39, 0.29) is 18.5 Å². The van der Waals surface area contributed by atoms with Crippen LogP contribution in [0, 0.1) is 0 Å². The fraction of sp³-hybridized carbons (Fsp3) is 0.930. The Balaban J connectivity index is 3.33. The molecule has 0 fully saturated rings. The van der Waals surface area contributed by atoms with Crippen molar-refractivity contribution in [2.45, 2.75) is 501 Å². The smallest absolute Gasteiger partial charge is 0.305 e. The van der Waals surface area contributed by atoms with Crippen molar-refractivity contribution >= 4 is 11.9 Å². The third-order valence-corrected chi connectivity index (χ3v) is 20.2. The number of amides is 1. The second kappa shape index (κ2) is 81.8. The van der Waals surface area contributed by atoms with Crippen molar-refractivity contribution in [2.75, 3.05) is 13.2 Å². The summed E-state index contributed by atoms with van der Waals surface area (Å²) in [5.41, 5.74) is 0. The molecule has 0 bridgehead atoms. The van der Waals surface area contributed by atoms with Crippen LogP contribution in [0.25, 0.3) is 0 Å². The highest BCUT2D eigenvalue weighted by molar-refractivity contribution is 5.76. The molecule has 2 unspecified atom stereocenters. The minimum atomic E-state index is -0.842. The first-order valence-corrected chi connectivity index (χ1v) is 42.6. The highest BCUT2D eigenvalue weighted by atomic mass is 16.5. The van der Waals surface area contributed by atoms with Crippen molar-refractivity contribution in [1.82, 2.24) is 5.32 Å². The number of rotatable bonds is 81. The molecule has 0 aromatic heterocycles. The summed E-state index contributed by atoms with van der Waals surface area (Å²) in [5.74, 6) is -0.0353. The molecule has 1 amide bonds. The van der Waals surface area contributed by atoms with Crippen LogP contribution in [0.4, 0.5) is 0 Å². The molecule has 92 heavy (non-hydrogen) atoms. The van der Waals surface area contributed by atoms with Crippen LogP contribution >= 0.6 is 0 Å². The number of aliphatic hydroxyl groups is 2. The average molecular weight is 1300 g/mol. The summed E-state index contributed by atoms with van der Waals surface area (Å²) < 4.78 is 5.52. The molecule has 0 spiro atoms. The Labute approximate surface area is 577 Å². The van der Waals surface area contributed by atoms with E-state index in [2.05, 4.69) is 31.3 Å². The van der Waals surface area contributed by atoms with Gasteiger partial charge in [-0.25, -0.2) is 0 Å². The number of hydrogen-bond donors (Lipinski definition) is 3. The van der Waals surface area contributed by atoms with Crippen molar-refractivity contribution in [2.24, 2.45) is 0 Å². The van der Waals surface area contributed by atoms with Gasteiger partial charge in [-0.3, -0.25) is 9.59 Å². The zero-order valence-electron chi connectivity index (χ0n) is 62.8. The Bertz CT molecular complexity index is 1450. The molecular weight excluding hydrogens is 1130 g/mol. The maximum absolute atomic E-state index is 12.6. The Kier molecular flexibility index (Phi) is 80.3. The zero-order chi connectivity index (χ0) is 66.3. The molecule has 0 aliphatic carbocycles. The third kappa shape index (κ3) is 77.3. The molecule has 2 atom stereocenters. The van der Waals surface area contributed by atoms with Gasteiger partial charge < -0.3 is 20.3 Å². The molecular formula is C86H167NO5. The predicted molar refractivity (Wildman–Crippen MR) is 407 cm³/mol. The van der Waals surface area contributed by atoms with Crippen LogP contribution in [0.1, 0.15) is 489 Å². The van der Waals surface area contributed by atoms with Crippen LogP contribution in [0.5, 0.6) is 0 Å². The van der Waals surface area contributed by atoms with Gasteiger partial charge in [0.2, 0.25) is 5.91 Å². The van der Waals surface area contributed by atoms with Gasteiger partial charge in [0, 0.05) is 12.8 Å². The summed E-state index contributed by atoms with van der Waals surface area (Å²) in [6.45, 7) is 4.96. The fourth-order valence-electron chi connectivity index (χ4n) is 13.8. The summed E-state index contributed by atoms with van der Waals surface area (Å²) >= 11 is 0. The highest BCUT2D eigenvalue weighted by Crippen LogP contribution is 2.21. The lowest BCUT2D eigenvalue weighted by Gasteiger charge is -2.20. The number of carbonyl (C=O) groups excluding carboxylic acids is 2. The van der Waals surface area contributed by atoms with Gasteiger partial charge in [0.05, 0.1) is 25.4 Å². The van der Waals surface area contributed by atoms with Crippen molar-refractivity contribution < 1.29 is 24.5 Å². The van der Waals surface area contributed by atoms with Crippen LogP contribution < -0.4 is 5.32 Å². The van der Waals surface area contributed by atoms with E-state index < -0.39 is 12.1 Å². The largest absolute Gasteiger partial charge is 0.466 e. The summed E-state index contributed by atoms with van der Waals surface area (Å²) in [6, 6.07) is -0.625. The minimum Gasteiger partial charge on any atom is -0.466 e. The summed E-state index contributed by atoms with van der Waals surface area (Å²) in [6.07, 6.45) is 106. The van der Waals surface area contributed by atoms with Gasteiger partial charge in [-0.2, -0.15) is 0 Å². The van der Waals surface area contributed by atoms with E-state index in [9.17, 15) is 19.8 Å². The number of aliphatic hydroxyl groups excluding tert-OH is 2. The van der Waals surface area contributed by atoms with Gasteiger partial charge in [0.15, 0.2) is 0 Å². The first-order valence-electron chi connectivity index (χ1n) is 42.6. The lowest BCUT2D eigenvalue weighted by atomic mass is 10.0. The van der Waals surface area contributed by atoms with Crippen molar-refractivity contribution in [3.8, 4) is 0 Å². The van der Waals surface area contributed by atoms with Gasteiger partial charge in [0.1, 0.15) is 0 Å². The van der Waals surface area contributed by atoms with Gasteiger partial charge in [0.25, 0.3) is 0 Å². The molecule has 3 N–H and O–H groups in total. The monoisotopic (exact) mass is 1290 g/mol. The second-order valence-electron chi connectivity index (χ2n) is 29.5. The maximum Gasteiger partial charge on any atom is 0.305 e. The van der Waals surface area contributed by atoms with Gasteiger partial charge in [-0.1, -0.05) is 443 Å². The van der Waals surface area contributed by atoms with Crippen LogP contribution in [0.15, 0.2) is 24.3 Å².